The maximum atomic E-state index is 12.6. The summed E-state index contributed by atoms with van der Waals surface area (Å²) in [5.41, 5.74) is 3.10. The quantitative estimate of drug-likeness (QED) is 0.345. The number of Topliss-reactive ketones (excluding diaryl/α,β-unsaturated/α-hetero) is 1. The number of hydrogen-bond donors (Lipinski definition) is 0. The summed E-state index contributed by atoms with van der Waals surface area (Å²) in [7, 11) is 3.11. The normalized spacial score (nSPS) is 15.9. The number of aromatic nitrogens is 1. The maximum Gasteiger partial charge on any atom is 0.331 e. The molecule has 2 heterocycles. The van der Waals surface area contributed by atoms with E-state index >= 15 is 0 Å². The van der Waals surface area contributed by atoms with Crippen molar-refractivity contribution in [2.75, 3.05) is 27.4 Å². The Morgan fingerprint density at radius 3 is 2.68 bits per heavy atom. The van der Waals surface area contributed by atoms with E-state index in [1.807, 2.05) is 19.9 Å². The molecule has 2 aromatic rings. The number of rotatable bonds is 9. The Kier molecular flexibility index (Phi) is 7.52. The Bertz CT molecular complexity index is 969. The Morgan fingerprint density at radius 2 is 2.00 bits per heavy atom. The van der Waals surface area contributed by atoms with Gasteiger partial charge in [0.05, 0.1) is 20.3 Å². The molecule has 0 amide bonds. The zero-order valence-electron chi connectivity index (χ0n) is 18.5. The van der Waals surface area contributed by atoms with Gasteiger partial charge in [0.25, 0.3) is 0 Å². The third-order valence-electron chi connectivity index (χ3n) is 5.47. The Hall–Kier alpha value is -3.06. The molecule has 31 heavy (non-hydrogen) atoms. The van der Waals surface area contributed by atoms with Gasteiger partial charge >= 0.3 is 5.97 Å². The lowest BCUT2D eigenvalue weighted by molar-refractivity contribution is -0.136. The van der Waals surface area contributed by atoms with Crippen LogP contribution in [0.15, 0.2) is 30.3 Å². The summed E-state index contributed by atoms with van der Waals surface area (Å²) in [6.07, 6.45) is 5.13. The highest BCUT2D eigenvalue weighted by atomic mass is 16.5. The fraction of sp³-hybridized carbons (Fsp3) is 0.417. The van der Waals surface area contributed by atoms with Crippen molar-refractivity contribution < 1.29 is 28.5 Å². The second-order valence-electron chi connectivity index (χ2n) is 7.50. The van der Waals surface area contributed by atoms with Crippen molar-refractivity contribution in [2.45, 2.75) is 39.3 Å². The van der Waals surface area contributed by atoms with Crippen LogP contribution in [0, 0.1) is 13.8 Å². The molecule has 0 bridgehead atoms. The van der Waals surface area contributed by atoms with E-state index in [1.54, 1.807) is 38.5 Å². The van der Waals surface area contributed by atoms with Gasteiger partial charge in [0.1, 0.15) is 11.5 Å². The van der Waals surface area contributed by atoms with Crippen LogP contribution in [0.1, 0.15) is 40.2 Å². The molecule has 1 fully saturated rings. The van der Waals surface area contributed by atoms with Crippen LogP contribution < -0.4 is 9.47 Å². The smallest absolute Gasteiger partial charge is 0.331 e. The number of carbonyl (C=O) groups excluding carboxylic acids is 2. The summed E-state index contributed by atoms with van der Waals surface area (Å²) in [4.78, 5) is 24.8. The highest BCUT2D eigenvalue weighted by Gasteiger charge is 2.21. The fourth-order valence-corrected chi connectivity index (χ4v) is 3.75. The van der Waals surface area contributed by atoms with E-state index in [-0.39, 0.29) is 18.5 Å². The molecule has 1 aliphatic rings. The monoisotopic (exact) mass is 427 g/mol. The molecule has 1 saturated heterocycles. The molecule has 1 aromatic carbocycles. The van der Waals surface area contributed by atoms with Gasteiger partial charge in [-0.1, -0.05) is 0 Å². The van der Waals surface area contributed by atoms with Gasteiger partial charge in [0, 0.05) is 41.7 Å². The largest absolute Gasteiger partial charge is 0.497 e. The van der Waals surface area contributed by atoms with E-state index in [0.29, 0.717) is 22.6 Å². The predicted octanol–water partition coefficient (Wildman–Crippen LogP) is 3.74. The zero-order chi connectivity index (χ0) is 22.4. The maximum absolute atomic E-state index is 12.6. The van der Waals surface area contributed by atoms with Crippen molar-refractivity contribution in [1.82, 2.24) is 4.57 Å². The van der Waals surface area contributed by atoms with Crippen molar-refractivity contribution in [3.63, 3.8) is 0 Å². The average Bonchev–Trinajstić information content (AvgIpc) is 3.39. The molecular formula is C24H29NO6. The minimum atomic E-state index is -0.605. The summed E-state index contributed by atoms with van der Waals surface area (Å²) in [6.45, 7) is 5.08. The molecule has 0 spiro atoms. The van der Waals surface area contributed by atoms with Crippen LogP contribution in [0.5, 0.6) is 11.5 Å². The molecule has 0 saturated carbocycles. The van der Waals surface area contributed by atoms with E-state index in [9.17, 15) is 9.59 Å². The zero-order valence-corrected chi connectivity index (χ0v) is 18.5. The molecule has 0 aliphatic carbocycles. The number of benzene rings is 1. The Balaban J connectivity index is 1.60. The molecule has 7 nitrogen and oxygen atoms in total. The Morgan fingerprint density at radius 1 is 1.19 bits per heavy atom. The molecule has 1 aliphatic heterocycles. The van der Waals surface area contributed by atoms with E-state index in [1.165, 1.54) is 6.08 Å². The molecular weight excluding hydrogens is 398 g/mol. The minimum absolute atomic E-state index is 0.185. The number of ether oxygens (including phenoxy) is 4. The number of nitrogens with zero attached hydrogens (tertiary/aromatic N) is 1. The van der Waals surface area contributed by atoms with Crippen LogP contribution in [-0.2, 0) is 20.8 Å². The van der Waals surface area contributed by atoms with Crippen molar-refractivity contribution >= 4 is 17.8 Å². The first-order valence-corrected chi connectivity index (χ1v) is 10.3. The molecule has 1 aromatic heterocycles. The van der Waals surface area contributed by atoms with E-state index in [0.717, 1.165) is 37.4 Å². The number of ketones is 1. The van der Waals surface area contributed by atoms with Crippen molar-refractivity contribution in [3.05, 3.63) is 52.9 Å². The van der Waals surface area contributed by atoms with Crippen LogP contribution >= 0.6 is 0 Å². The standard InChI is InChI=1S/C24H29NO6/c1-16-12-21(17(2)25(16)14-20-6-5-11-30-20)22(26)15-31-24(27)10-7-18-13-19(28-3)8-9-23(18)29-4/h7-10,12-13,20H,5-6,11,14-15H2,1-4H3. The summed E-state index contributed by atoms with van der Waals surface area (Å²) in [5.74, 6) is 0.403. The van der Waals surface area contributed by atoms with Gasteiger partial charge in [-0.15, -0.1) is 0 Å². The number of methoxy groups -OCH3 is 2. The summed E-state index contributed by atoms with van der Waals surface area (Å²) < 4.78 is 23.5. The number of carbonyl (C=O) groups is 2. The highest BCUT2D eigenvalue weighted by molar-refractivity contribution is 6.00. The number of esters is 1. The molecule has 7 heteroatoms. The van der Waals surface area contributed by atoms with Gasteiger partial charge in [-0.3, -0.25) is 4.79 Å². The number of hydrogen-bond acceptors (Lipinski definition) is 6. The molecule has 0 radical (unpaired) electrons. The molecule has 3 rings (SSSR count). The summed E-state index contributed by atoms with van der Waals surface area (Å²) in [5, 5.41) is 0. The molecule has 166 valence electrons. The van der Waals surface area contributed by atoms with Gasteiger partial charge < -0.3 is 23.5 Å². The lowest BCUT2D eigenvalue weighted by Crippen LogP contribution is -2.18. The first-order chi connectivity index (χ1) is 14.9. The van der Waals surface area contributed by atoms with E-state index in [4.69, 9.17) is 18.9 Å². The second-order valence-corrected chi connectivity index (χ2v) is 7.50. The van der Waals surface area contributed by atoms with E-state index < -0.39 is 5.97 Å². The van der Waals surface area contributed by atoms with Crippen molar-refractivity contribution in [3.8, 4) is 11.5 Å². The first kappa shape index (κ1) is 22.6. The van der Waals surface area contributed by atoms with Gasteiger partial charge in [0.15, 0.2) is 6.61 Å². The molecule has 1 atom stereocenters. The molecule has 0 N–H and O–H groups in total. The van der Waals surface area contributed by atoms with Crippen molar-refractivity contribution in [2.24, 2.45) is 0 Å². The van der Waals surface area contributed by atoms with Gasteiger partial charge in [-0.05, 0) is 57.0 Å². The third-order valence-corrected chi connectivity index (χ3v) is 5.47. The SMILES string of the molecule is COc1ccc(OC)c(C=CC(=O)OCC(=O)c2cc(C)n(CC3CCCO3)c2C)c1. The van der Waals surface area contributed by atoms with Crippen LogP contribution in [0.3, 0.4) is 0 Å². The van der Waals surface area contributed by atoms with Crippen molar-refractivity contribution in [1.29, 1.82) is 0 Å². The topological polar surface area (TPSA) is 76.0 Å². The summed E-state index contributed by atoms with van der Waals surface area (Å²) >= 11 is 0. The van der Waals surface area contributed by atoms with Crippen LogP contribution in [0.25, 0.3) is 6.08 Å². The summed E-state index contributed by atoms with van der Waals surface area (Å²) in [6, 6.07) is 7.11. The highest BCUT2D eigenvalue weighted by Crippen LogP contribution is 2.25. The Labute approximate surface area is 182 Å². The van der Waals surface area contributed by atoms with Gasteiger partial charge in [0.2, 0.25) is 5.78 Å². The van der Waals surface area contributed by atoms with E-state index in [2.05, 4.69) is 4.57 Å². The average molecular weight is 427 g/mol. The first-order valence-electron chi connectivity index (χ1n) is 10.3. The predicted molar refractivity (Wildman–Crippen MR) is 117 cm³/mol. The second kappa shape index (κ2) is 10.3. The van der Waals surface area contributed by atoms with Crippen LogP contribution in [0.2, 0.25) is 0 Å². The lowest BCUT2D eigenvalue weighted by atomic mass is 10.1. The van der Waals surface area contributed by atoms with Gasteiger partial charge in [-0.2, -0.15) is 0 Å². The fourth-order valence-electron chi connectivity index (χ4n) is 3.75. The molecule has 1 unspecified atom stereocenters. The van der Waals surface area contributed by atoms with Crippen LogP contribution in [-0.4, -0.2) is 49.9 Å². The minimum Gasteiger partial charge on any atom is -0.497 e. The van der Waals surface area contributed by atoms with Crippen LogP contribution in [0.4, 0.5) is 0 Å². The van der Waals surface area contributed by atoms with Gasteiger partial charge in [-0.25, -0.2) is 4.79 Å². The third kappa shape index (κ3) is 5.55. The lowest BCUT2D eigenvalue weighted by Gasteiger charge is -2.14. The number of aryl methyl sites for hydroxylation is 1.